The number of carbonyl (C=O) groups is 1. The first-order valence-electron chi connectivity index (χ1n) is 9.13. The van der Waals surface area contributed by atoms with Crippen LogP contribution in [-0.4, -0.2) is 50.1 Å². The van der Waals surface area contributed by atoms with E-state index in [1.54, 1.807) is 14.0 Å². The number of piperidine rings is 1. The Balaban J connectivity index is 1.79. The molecule has 0 unspecified atom stereocenters. The summed E-state index contributed by atoms with van der Waals surface area (Å²) in [6, 6.07) is 5.20. The highest BCUT2D eigenvalue weighted by molar-refractivity contribution is 5.80. The number of ether oxygens (including phenoxy) is 1. The monoisotopic (exact) mass is 385 g/mol. The second kappa shape index (κ2) is 9.62. The first kappa shape index (κ1) is 21.1. The van der Waals surface area contributed by atoms with E-state index in [9.17, 15) is 18.0 Å². The number of esters is 1. The highest BCUT2D eigenvalue weighted by Crippen LogP contribution is 2.29. The number of aliphatic imine (C=N–C) groups is 1. The summed E-state index contributed by atoms with van der Waals surface area (Å²) in [4.78, 5) is 18.1. The first-order chi connectivity index (χ1) is 12.8. The van der Waals surface area contributed by atoms with E-state index in [1.807, 2.05) is 0 Å². The van der Waals surface area contributed by atoms with Gasteiger partial charge in [0.25, 0.3) is 0 Å². The minimum atomic E-state index is -4.31. The Labute approximate surface area is 157 Å². The summed E-state index contributed by atoms with van der Waals surface area (Å²) >= 11 is 0. The third-order valence-corrected chi connectivity index (χ3v) is 4.60. The van der Waals surface area contributed by atoms with Crippen LogP contribution in [0.25, 0.3) is 0 Å². The summed E-state index contributed by atoms with van der Waals surface area (Å²) in [5, 5.41) is 3.24. The third kappa shape index (κ3) is 6.15. The van der Waals surface area contributed by atoms with E-state index in [-0.39, 0.29) is 11.9 Å². The molecule has 1 aliphatic heterocycles. The van der Waals surface area contributed by atoms with Crippen LogP contribution in [0.4, 0.5) is 13.2 Å². The van der Waals surface area contributed by atoms with E-state index < -0.39 is 11.7 Å². The number of hydrogen-bond acceptors (Lipinski definition) is 3. The predicted molar refractivity (Wildman–Crippen MR) is 97.4 cm³/mol. The third-order valence-electron chi connectivity index (χ3n) is 4.60. The van der Waals surface area contributed by atoms with E-state index in [2.05, 4.69) is 15.2 Å². The van der Waals surface area contributed by atoms with E-state index in [1.165, 1.54) is 12.1 Å². The Morgan fingerprint density at radius 1 is 1.26 bits per heavy atom. The summed E-state index contributed by atoms with van der Waals surface area (Å²) in [6.07, 6.45) is -2.28. The Kier molecular flexibility index (Phi) is 7.50. The number of benzene rings is 1. The molecule has 5 nitrogen and oxygen atoms in total. The molecule has 8 heteroatoms. The van der Waals surface area contributed by atoms with Gasteiger partial charge in [-0.25, -0.2) is 0 Å². The number of likely N-dealkylation sites (tertiary alicyclic amines) is 1. The summed E-state index contributed by atoms with van der Waals surface area (Å²) < 4.78 is 42.8. The van der Waals surface area contributed by atoms with E-state index >= 15 is 0 Å². The zero-order valence-electron chi connectivity index (χ0n) is 15.7. The van der Waals surface area contributed by atoms with Crippen molar-refractivity contribution < 1.29 is 22.7 Å². The van der Waals surface area contributed by atoms with Gasteiger partial charge in [0, 0.05) is 26.7 Å². The van der Waals surface area contributed by atoms with E-state index in [4.69, 9.17) is 4.74 Å². The van der Waals surface area contributed by atoms with E-state index in [0.717, 1.165) is 36.5 Å². The number of halogens is 3. The second-order valence-corrected chi connectivity index (χ2v) is 6.43. The van der Waals surface area contributed by atoms with Gasteiger partial charge in [0.05, 0.1) is 18.1 Å². The molecule has 2 rings (SSSR count). The van der Waals surface area contributed by atoms with Crippen LogP contribution in [0.5, 0.6) is 0 Å². The Bertz CT molecular complexity index is 637. The van der Waals surface area contributed by atoms with Crippen molar-refractivity contribution in [2.45, 2.75) is 32.4 Å². The number of rotatable bonds is 5. The van der Waals surface area contributed by atoms with Crippen LogP contribution in [0, 0.1) is 5.92 Å². The molecule has 0 spiro atoms. The van der Waals surface area contributed by atoms with Crippen molar-refractivity contribution in [3.8, 4) is 0 Å². The molecule has 0 aliphatic carbocycles. The maximum atomic E-state index is 12.6. The molecule has 1 N–H and O–H groups in total. The number of guanidine groups is 1. The van der Waals surface area contributed by atoms with Crippen molar-refractivity contribution in [3.05, 3.63) is 35.4 Å². The molecular formula is C19H26F3N3O2. The number of carbonyl (C=O) groups excluding carboxylic acids is 1. The lowest BCUT2D eigenvalue weighted by Gasteiger charge is -2.33. The van der Waals surface area contributed by atoms with Crippen molar-refractivity contribution in [2.75, 3.05) is 33.3 Å². The molecule has 1 aliphatic rings. The highest BCUT2D eigenvalue weighted by atomic mass is 19.4. The van der Waals surface area contributed by atoms with Gasteiger partial charge in [-0.3, -0.25) is 9.79 Å². The van der Waals surface area contributed by atoms with Crippen molar-refractivity contribution in [2.24, 2.45) is 10.9 Å². The smallest absolute Gasteiger partial charge is 0.416 e. The van der Waals surface area contributed by atoms with Gasteiger partial charge in [0.2, 0.25) is 0 Å². The summed E-state index contributed by atoms with van der Waals surface area (Å²) in [5.74, 6) is 0.540. The van der Waals surface area contributed by atoms with Gasteiger partial charge in [-0.2, -0.15) is 13.2 Å². The van der Waals surface area contributed by atoms with Crippen LogP contribution in [0.3, 0.4) is 0 Å². The predicted octanol–water partition coefficient (Wildman–Crippen LogP) is 3.10. The maximum Gasteiger partial charge on any atom is 0.416 e. The lowest BCUT2D eigenvalue weighted by atomic mass is 9.97. The number of nitrogens with one attached hydrogen (secondary N) is 1. The van der Waals surface area contributed by atoms with Gasteiger partial charge < -0.3 is 15.0 Å². The fourth-order valence-corrected chi connectivity index (χ4v) is 3.10. The van der Waals surface area contributed by atoms with Crippen LogP contribution in [0.15, 0.2) is 29.3 Å². The Morgan fingerprint density at radius 2 is 1.89 bits per heavy atom. The standard InChI is InChI=1S/C19H26F3N3O2/c1-3-27-17(26)15-9-12-25(13-10-15)18(23-2)24-11-8-14-4-6-16(7-5-14)19(20,21)22/h4-7,15H,3,8-13H2,1-2H3,(H,23,24). The maximum absolute atomic E-state index is 12.6. The van der Waals surface area contributed by atoms with Gasteiger partial charge >= 0.3 is 12.1 Å². The quantitative estimate of drug-likeness (QED) is 0.481. The first-order valence-corrected chi connectivity index (χ1v) is 9.13. The van der Waals surface area contributed by atoms with Crippen molar-refractivity contribution in [3.63, 3.8) is 0 Å². The van der Waals surface area contributed by atoms with Crippen LogP contribution in [-0.2, 0) is 22.1 Å². The molecule has 0 saturated carbocycles. The summed E-state index contributed by atoms with van der Waals surface area (Å²) in [6.45, 7) is 4.18. The molecule has 1 fully saturated rings. The van der Waals surface area contributed by atoms with Gasteiger partial charge in [-0.1, -0.05) is 12.1 Å². The number of hydrogen-bond donors (Lipinski definition) is 1. The van der Waals surface area contributed by atoms with Crippen LogP contribution < -0.4 is 5.32 Å². The molecule has 0 atom stereocenters. The van der Waals surface area contributed by atoms with Gasteiger partial charge in [0.1, 0.15) is 0 Å². The molecule has 1 aromatic carbocycles. The number of alkyl halides is 3. The summed E-state index contributed by atoms with van der Waals surface area (Å²) in [7, 11) is 1.69. The molecule has 1 aromatic rings. The Hall–Kier alpha value is -2.25. The summed E-state index contributed by atoms with van der Waals surface area (Å²) in [5.41, 5.74) is 0.187. The van der Waals surface area contributed by atoms with Crippen molar-refractivity contribution in [1.82, 2.24) is 10.2 Å². The van der Waals surface area contributed by atoms with Gasteiger partial charge in [-0.05, 0) is 43.9 Å². The average molecular weight is 385 g/mol. The molecule has 0 radical (unpaired) electrons. The molecular weight excluding hydrogens is 359 g/mol. The molecule has 27 heavy (non-hydrogen) atoms. The molecule has 0 bridgehead atoms. The van der Waals surface area contributed by atoms with Gasteiger partial charge in [0.15, 0.2) is 5.96 Å². The zero-order valence-corrected chi connectivity index (χ0v) is 15.7. The minimum Gasteiger partial charge on any atom is -0.466 e. The van der Waals surface area contributed by atoms with Gasteiger partial charge in [-0.15, -0.1) is 0 Å². The Morgan fingerprint density at radius 3 is 2.41 bits per heavy atom. The van der Waals surface area contributed by atoms with Crippen LogP contribution in [0.1, 0.15) is 30.9 Å². The lowest BCUT2D eigenvalue weighted by Crippen LogP contribution is -2.47. The molecule has 0 amide bonds. The zero-order chi connectivity index (χ0) is 19.9. The molecule has 0 aromatic heterocycles. The van der Waals surface area contributed by atoms with Crippen LogP contribution in [0.2, 0.25) is 0 Å². The fraction of sp³-hybridized carbons (Fsp3) is 0.579. The number of nitrogens with zero attached hydrogens (tertiary/aromatic N) is 2. The molecule has 1 heterocycles. The van der Waals surface area contributed by atoms with Crippen LogP contribution >= 0.6 is 0 Å². The largest absolute Gasteiger partial charge is 0.466 e. The fourth-order valence-electron chi connectivity index (χ4n) is 3.10. The normalized spacial score (nSPS) is 16.3. The van der Waals surface area contributed by atoms with E-state index in [0.29, 0.717) is 32.7 Å². The molecule has 1 saturated heterocycles. The molecule has 150 valence electrons. The lowest BCUT2D eigenvalue weighted by molar-refractivity contribution is -0.149. The van der Waals surface area contributed by atoms with Crippen molar-refractivity contribution in [1.29, 1.82) is 0 Å². The minimum absolute atomic E-state index is 0.0635. The topological polar surface area (TPSA) is 53.9 Å². The highest BCUT2D eigenvalue weighted by Gasteiger charge is 2.30. The average Bonchev–Trinajstić information content (AvgIpc) is 2.65. The van der Waals surface area contributed by atoms with Crippen molar-refractivity contribution >= 4 is 11.9 Å². The second-order valence-electron chi connectivity index (χ2n) is 6.43. The SMILES string of the molecule is CCOC(=O)C1CCN(C(=NC)NCCc2ccc(C(F)(F)F)cc2)CC1.